The maximum atomic E-state index is 13.0. The summed E-state index contributed by atoms with van der Waals surface area (Å²) in [7, 11) is -4.18. The van der Waals surface area contributed by atoms with Gasteiger partial charge in [-0.25, -0.2) is 9.37 Å². The molecule has 2 heterocycles. The second-order valence-electron chi connectivity index (χ2n) is 4.57. The van der Waals surface area contributed by atoms with Gasteiger partial charge in [0.25, 0.3) is 0 Å². The van der Waals surface area contributed by atoms with Crippen LogP contribution in [-0.2, 0) is 15.8 Å². The number of ether oxygens (including phenoxy) is 1. The highest BCUT2D eigenvalue weighted by Gasteiger charge is 2.18. The Morgan fingerprint density at radius 2 is 2.14 bits per heavy atom. The molecule has 10 nitrogen and oxygen atoms in total. The Morgan fingerprint density at radius 3 is 2.77 bits per heavy atom. The number of aromatic nitrogens is 4. The molecule has 0 aliphatic rings. The molecule has 2 rings (SSSR count). The molecule has 0 saturated heterocycles. The quantitative estimate of drug-likeness (QED) is 0.490. The van der Waals surface area contributed by atoms with Crippen LogP contribution in [0.4, 0.5) is 16.2 Å². The van der Waals surface area contributed by atoms with Crippen molar-refractivity contribution in [2.45, 2.75) is 12.6 Å². The van der Waals surface area contributed by atoms with Crippen molar-refractivity contribution in [1.29, 1.82) is 0 Å². The first-order valence-electron chi connectivity index (χ1n) is 6.26. The van der Waals surface area contributed by atoms with E-state index < -0.39 is 26.5 Å². The summed E-state index contributed by atoms with van der Waals surface area (Å²) in [6, 6.07) is 0. The van der Waals surface area contributed by atoms with Gasteiger partial charge >= 0.3 is 7.60 Å². The highest BCUT2D eigenvalue weighted by atomic mass is 31.2. The van der Waals surface area contributed by atoms with Crippen molar-refractivity contribution in [2.24, 2.45) is 0 Å². The SMILES string of the molecule is Nc1nc(N)c2ncn(CC(CF)OCCP(=O)(O)O)c2n1. The third-order valence-corrected chi connectivity index (χ3v) is 3.58. The molecule has 1 unspecified atom stereocenters. The first-order valence-corrected chi connectivity index (χ1v) is 8.06. The Labute approximate surface area is 124 Å². The molecule has 0 bridgehead atoms. The van der Waals surface area contributed by atoms with Crippen molar-refractivity contribution in [2.75, 3.05) is 30.9 Å². The van der Waals surface area contributed by atoms with E-state index in [0.717, 1.165) is 0 Å². The third kappa shape index (κ3) is 4.10. The monoisotopic (exact) mass is 334 g/mol. The van der Waals surface area contributed by atoms with E-state index >= 15 is 0 Å². The Morgan fingerprint density at radius 1 is 1.41 bits per heavy atom. The minimum absolute atomic E-state index is 0.0361. The van der Waals surface area contributed by atoms with Crippen LogP contribution in [0.5, 0.6) is 0 Å². The number of alkyl halides is 1. The number of nitrogens with two attached hydrogens (primary N) is 2. The summed E-state index contributed by atoms with van der Waals surface area (Å²) in [6.07, 6.45) is 0.0155. The number of rotatable bonds is 7. The van der Waals surface area contributed by atoms with Crippen molar-refractivity contribution < 1.29 is 23.5 Å². The fourth-order valence-corrected chi connectivity index (χ4v) is 2.16. The fourth-order valence-electron chi connectivity index (χ4n) is 1.82. The van der Waals surface area contributed by atoms with Gasteiger partial charge in [-0.2, -0.15) is 9.97 Å². The van der Waals surface area contributed by atoms with Crippen LogP contribution in [0.2, 0.25) is 0 Å². The van der Waals surface area contributed by atoms with Crippen LogP contribution in [-0.4, -0.2) is 54.9 Å². The number of hydrogen-bond acceptors (Lipinski definition) is 7. The van der Waals surface area contributed by atoms with Crippen molar-refractivity contribution in [1.82, 2.24) is 19.5 Å². The molecule has 0 amide bonds. The Hall–Kier alpha value is -1.81. The largest absolute Gasteiger partial charge is 0.382 e. The van der Waals surface area contributed by atoms with Gasteiger partial charge in [-0.05, 0) is 0 Å². The topological polar surface area (TPSA) is 162 Å². The molecule has 0 saturated carbocycles. The zero-order valence-electron chi connectivity index (χ0n) is 11.5. The lowest BCUT2D eigenvalue weighted by Gasteiger charge is -2.15. The summed E-state index contributed by atoms with van der Waals surface area (Å²) in [5.41, 5.74) is 11.8. The maximum absolute atomic E-state index is 13.0. The molecule has 0 aliphatic carbocycles. The van der Waals surface area contributed by atoms with Crippen LogP contribution in [0.3, 0.4) is 0 Å². The average Bonchev–Trinajstić information content (AvgIpc) is 2.79. The molecule has 0 radical (unpaired) electrons. The highest BCUT2D eigenvalue weighted by Crippen LogP contribution is 2.33. The van der Waals surface area contributed by atoms with Gasteiger partial charge < -0.3 is 30.6 Å². The number of imidazole rings is 1. The molecule has 2 aromatic rings. The van der Waals surface area contributed by atoms with Gasteiger partial charge in [-0.15, -0.1) is 0 Å². The second kappa shape index (κ2) is 6.53. The number of nitrogens with zero attached hydrogens (tertiary/aromatic N) is 4. The minimum atomic E-state index is -4.18. The summed E-state index contributed by atoms with van der Waals surface area (Å²) in [4.78, 5) is 29.3. The predicted molar refractivity (Wildman–Crippen MR) is 76.8 cm³/mol. The maximum Gasteiger partial charge on any atom is 0.327 e. The van der Waals surface area contributed by atoms with Gasteiger partial charge in [0.2, 0.25) is 5.95 Å². The molecule has 22 heavy (non-hydrogen) atoms. The fraction of sp³-hybridized carbons (Fsp3) is 0.500. The van der Waals surface area contributed by atoms with Gasteiger partial charge in [0.15, 0.2) is 11.5 Å². The molecule has 12 heteroatoms. The molecule has 0 fully saturated rings. The lowest BCUT2D eigenvalue weighted by Crippen LogP contribution is -2.23. The molecule has 122 valence electrons. The van der Waals surface area contributed by atoms with Gasteiger partial charge in [0.1, 0.15) is 18.3 Å². The highest BCUT2D eigenvalue weighted by molar-refractivity contribution is 7.51. The molecule has 6 N–H and O–H groups in total. The average molecular weight is 334 g/mol. The third-order valence-electron chi connectivity index (χ3n) is 2.82. The van der Waals surface area contributed by atoms with Crippen LogP contribution in [0.25, 0.3) is 11.2 Å². The Bertz CT molecular complexity index is 704. The Kier molecular flexibility index (Phi) is 4.91. The van der Waals surface area contributed by atoms with E-state index in [0.29, 0.717) is 11.2 Å². The smallest absolute Gasteiger partial charge is 0.327 e. The molecule has 2 aromatic heterocycles. The van der Waals surface area contributed by atoms with Crippen molar-refractivity contribution in [3.8, 4) is 0 Å². The summed E-state index contributed by atoms with van der Waals surface area (Å²) < 4.78 is 30.3. The standard InChI is InChI=1S/C10H16FN6O4P/c11-3-6(21-1-2-22(18,19)20)4-17-5-14-7-8(12)15-10(13)16-9(7)17/h5-6H,1-4H2,(H2,18,19,20)(H4,12,13,15,16). The summed E-state index contributed by atoms with van der Waals surface area (Å²) in [5.74, 6) is 0.0754. The first kappa shape index (κ1) is 16.6. The van der Waals surface area contributed by atoms with Crippen LogP contribution >= 0.6 is 7.60 Å². The van der Waals surface area contributed by atoms with E-state index in [-0.39, 0.29) is 24.9 Å². The molecule has 0 aromatic carbocycles. The van der Waals surface area contributed by atoms with E-state index in [2.05, 4.69) is 15.0 Å². The van der Waals surface area contributed by atoms with Gasteiger partial charge in [0, 0.05) is 0 Å². The lowest BCUT2D eigenvalue weighted by atomic mass is 10.3. The van der Waals surface area contributed by atoms with Gasteiger partial charge in [0.05, 0.1) is 25.6 Å². The summed E-state index contributed by atoms with van der Waals surface area (Å²) in [6.45, 7) is -1.05. The van der Waals surface area contributed by atoms with E-state index in [4.69, 9.17) is 26.0 Å². The van der Waals surface area contributed by atoms with E-state index in [1.54, 1.807) is 0 Å². The molecule has 0 spiro atoms. The number of hydrogen-bond donors (Lipinski definition) is 4. The predicted octanol–water partition coefficient (Wildman–Crippen LogP) is -0.477. The number of halogens is 1. The van der Waals surface area contributed by atoms with Crippen molar-refractivity contribution in [3.05, 3.63) is 6.33 Å². The Balaban J connectivity index is 2.10. The van der Waals surface area contributed by atoms with E-state index in [9.17, 15) is 8.96 Å². The minimum Gasteiger partial charge on any atom is -0.382 e. The molecular weight excluding hydrogens is 318 g/mol. The zero-order chi connectivity index (χ0) is 16.3. The molecule has 1 atom stereocenters. The molecule has 0 aliphatic heterocycles. The molecular formula is C10H16FN6O4P. The second-order valence-corrected chi connectivity index (χ2v) is 6.35. The number of fused-ring (bicyclic) bond motifs is 1. The van der Waals surface area contributed by atoms with Gasteiger partial charge in [-0.3, -0.25) is 4.57 Å². The summed E-state index contributed by atoms with van der Waals surface area (Å²) >= 11 is 0. The lowest BCUT2D eigenvalue weighted by molar-refractivity contribution is 0.0331. The van der Waals surface area contributed by atoms with Crippen LogP contribution < -0.4 is 11.5 Å². The number of anilines is 2. The van der Waals surface area contributed by atoms with Crippen LogP contribution in [0.15, 0.2) is 6.33 Å². The first-order chi connectivity index (χ1) is 10.3. The van der Waals surface area contributed by atoms with Crippen molar-refractivity contribution >= 4 is 30.5 Å². The zero-order valence-corrected chi connectivity index (χ0v) is 12.4. The normalized spacial score (nSPS) is 13.6. The summed E-state index contributed by atoms with van der Waals surface area (Å²) in [5, 5.41) is 0. The van der Waals surface area contributed by atoms with Gasteiger partial charge in [-0.1, -0.05) is 0 Å². The van der Waals surface area contributed by atoms with E-state index in [1.165, 1.54) is 10.9 Å². The van der Waals surface area contributed by atoms with Crippen LogP contribution in [0.1, 0.15) is 0 Å². The van der Waals surface area contributed by atoms with Crippen molar-refractivity contribution in [3.63, 3.8) is 0 Å². The number of nitrogen functional groups attached to an aromatic ring is 2. The van der Waals surface area contributed by atoms with E-state index in [1.807, 2.05) is 0 Å². The van der Waals surface area contributed by atoms with Crippen LogP contribution in [0, 0.1) is 0 Å².